The second-order valence-electron chi connectivity index (χ2n) is 5.43. The quantitative estimate of drug-likeness (QED) is 0.803. The molecule has 1 heterocycles. The van der Waals surface area contributed by atoms with Crippen LogP contribution in [0.15, 0.2) is 18.2 Å². The first-order chi connectivity index (χ1) is 10.0. The summed E-state index contributed by atoms with van der Waals surface area (Å²) in [5.74, 6) is -0.318. The van der Waals surface area contributed by atoms with Crippen LogP contribution in [-0.2, 0) is 20.7 Å². The largest absolute Gasteiger partial charge is 0.469 e. The number of benzene rings is 1. The molecule has 1 fully saturated rings. The summed E-state index contributed by atoms with van der Waals surface area (Å²) in [6, 6.07) is 5.87. The van der Waals surface area contributed by atoms with Gasteiger partial charge in [-0.05, 0) is 37.0 Å². The average molecular weight is 310 g/mol. The Kier molecular flexibility index (Phi) is 5.23. The number of ether oxygens (including phenoxy) is 1. The van der Waals surface area contributed by atoms with Crippen molar-refractivity contribution in [2.45, 2.75) is 26.2 Å². The Balaban J connectivity index is 1.85. The summed E-state index contributed by atoms with van der Waals surface area (Å²) < 4.78 is 4.72. The molecule has 0 N–H and O–H groups in total. The highest BCUT2D eigenvalue weighted by Crippen LogP contribution is 2.20. The predicted molar refractivity (Wildman–Crippen MR) is 81.2 cm³/mol. The highest BCUT2D eigenvalue weighted by Gasteiger charge is 2.31. The molecule has 0 bridgehead atoms. The molecule has 0 radical (unpaired) electrons. The van der Waals surface area contributed by atoms with Gasteiger partial charge in [-0.3, -0.25) is 9.59 Å². The Morgan fingerprint density at radius 1 is 1.43 bits per heavy atom. The van der Waals surface area contributed by atoms with Gasteiger partial charge in [-0.2, -0.15) is 0 Å². The lowest BCUT2D eigenvalue weighted by molar-refractivity contribution is -0.145. The van der Waals surface area contributed by atoms with Crippen LogP contribution in [0.25, 0.3) is 0 Å². The van der Waals surface area contributed by atoms with E-state index < -0.39 is 0 Å². The molecule has 0 aliphatic carbocycles. The monoisotopic (exact) mass is 309 g/mol. The van der Waals surface area contributed by atoms with Crippen LogP contribution < -0.4 is 0 Å². The van der Waals surface area contributed by atoms with Gasteiger partial charge in [-0.1, -0.05) is 23.7 Å². The van der Waals surface area contributed by atoms with E-state index in [4.69, 9.17) is 16.3 Å². The van der Waals surface area contributed by atoms with Crippen LogP contribution in [-0.4, -0.2) is 37.0 Å². The van der Waals surface area contributed by atoms with E-state index in [0.717, 1.165) is 16.1 Å². The second kappa shape index (κ2) is 6.94. The highest BCUT2D eigenvalue weighted by molar-refractivity contribution is 6.31. The van der Waals surface area contributed by atoms with Crippen molar-refractivity contribution < 1.29 is 14.3 Å². The van der Waals surface area contributed by atoms with E-state index in [1.54, 1.807) is 4.90 Å². The molecule has 0 aromatic heterocycles. The first kappa shape index (κ1) is 15.8. The van der Waals surface area contributed by atoms with Gasteiger partial charge in [0.2, 0.25) is 5.91 Å². The van der Waals surface area contributed by atoms with Gasteiger partial charge in [0.25, 0.3) is 0 Å². The summed E-state index contributed by atoms with van der Waals surface area (Å²) in [5.41, 5.74) is 2.09. The van der Waals surface area contributed by atoms with Gasteiger partial charge in [0.15, 0.2) is 0 Å². The molecule has 1 aliphatic heterocycles. The molecule has 2 rings (SSSR count). The maximum absolute atomic E-state index is 12.2. The first-order valence-corrected chi connectivity index (χ1v) is 7.49. The minimum atomic E-state index is -0.226. The van der Waals surface area contributed by atoms with Crippen LogP contribution in [0.5, 0.6) is 0 Å². The lowest BCUT2D eigenvalue weighted by Gasteiger charge is -2.16. The topological polar surface area (TPSA) is 46.6 Å². The highest BCUT2D eigenvalue weighted by atomic mass is 35.5. The van der Waals surface area contributed by atoms with Crippen molar-refractivity contribution in [3.63, 3.8) is 0 Å². The number of esters is 1. The number of hydrogen-bond acceptors (Lipinski definition) is 3. The summed E-state index contributed by atoms with van der Waals surface area (Å²) in [6.45, 7) is 3.06. The van der Waals surface area contributed by atoms with Gasteiger partial charge in [0, 0.05) is 24.5 Å². The van der Waals surface area contributed by atoms with Crippen molar-refractivity contribution in [1.82, 2.24) is 4.90 Å². The van der Waals surface area contributed by atoms with Gasteiger partial charge < -0.3 is 9.64 Å². The lowest BCUT2D eigenvalue weighted by Crippen LogP contribution is -2.30. The molecule has 1 aromatic rings. The lowest BCUT2D eigenvalue weighted by atomic mass is 10.1. The number of hydrogen-bond donors (Lipinski definition) is 0. The molecule has 21 heavy (non-hydrogen) atoms. The van der Waals surface area contributed by atoms with Gasteiger partial charge in [0.05, 0.1) is 13.0 Å². The van der Waals surface area contributed by atoms with Crippen LogP contribution in [0.2, 0.25) is 5.02 Å². The smallest absolute Gasteiger partial charge is 0.310 e. The molecule has 1 aromatic carbocycles. The van der Waals surface area contributed by atoms with E-state index >= 15 is 0 Å². The third-order valence-electron chi connectivity index (χ3n) is 3.94. The Labute approximate surface area is 130 Å². The number of amides is 1. The second-order valence-corrected chi connectivity index (χ2v) is 5.84. The number of nitrogens with zero attached hydrogens (tertiary/aromatic N) is 1. The fourth-order valence-corrected chi connectivity index (χ4v) is 2.75. The van der Waals surface area contributed by atoms with Gasteiger partial charge in [-0.15, -0.1) is 0 Å². The zero-order chi connectivity index (χ0) is 15.4. The number of methoxy groups -OCH3 is 1. The summed E-state index contributed by atoms with van der Waals surface area (Å²) in [7, 11) is 1.38. The molecule has 1 atom stereocenters. The average Bonchev–Trinajstić information content (AvgIpc) is 2.97. The molecule has 1 unspecified atom stereocenters. The molecule has 114 valence electrons. The van der Waals surface area contributed by atoms with Crippen molar-refractivity contribution in [2.75, 3.05) is 20.2 Å². The molecule has 1 saturated heterocycles. The standard InChI is InChI=1S/C16H20ClNO3/c1-11-3-4-12(9-14(11)17)5-6-15(19)18-8-7-13(10-18)16(20)21-2/h3-4,9,13H,5-8,10H2,1-2H3. The van der Waals surface area contributed by atoms with E-state index in [1.165, 1.54) is 7.11 Å². The summed E-state index contributed by atoms with van der Waals surface area (Å²) in [5, 5.41) is 0.729. The Morgan fingerprint density at radius 3 is 2.86 bits per heavy atom. The molecule has 1 aliphatic rings. The molecular formula is C16H20ClNO3. The fraction of sp³-hybridized carbons (Fsp3) is 0.500. The maximum Gasteiger partial charge on any atom is 0.310 e. The van der Waals surface area contributed by atoms with Crippen LogP contribution in [0.4, 0.5) is 0 Å². The van der Waals surface area contributed by atoms with Crippen molar-refractivity contribution in [3.8, 4) is 0 Å². The van der Waals surface area contributed by atoms with E-state index in [2.05, 4.69) is 0 Å². The van der Waals surface area contributed by atoms with E-state index in [0.29, 0.717) is 32.4 Å². The molecule has 4 nitrogen and oxygen atoms in total. The Morgan fingerprint density at radius 2 is 2.19 bits per heavy atom. The molecule has 0 saturated carbocycles. The minimum absolute atomic E-state index is 0.0816. The van der Waals surface area contributed by atoms with Crippen molar-refractivity contribution in [1.29, 1.82) is 0 Å². The third kappa shape index (κ3) is 3.97. The van der Waals surface area contributed by atoms with Crippen molar-refractivity contribution in [3.05, 3.63) is 34.3 Å². The third-order valence-corrected chi connectivity index (χ3v) is 4.35. The zero-order valence-electron chi connectivity index (χ0n) is 12.4. The predicted octanol–water partition coefficient (Wildman–Crippen LogP) is 2.60. The number of carbonyl (C=O) groups is 2. The van der Waals surface area contributed by atoms with Crippen LogP contribution in [0.1, 0.15) is 24.0 Å². The van der Waals surface area contributed by atoms with E-state index in [1.807, 2.05) is 25.1 Å². The zero-order valence-corrected chi connectivity index (χ0v) is 13.2. The number of likely N-dealkylation sites (tertiary alicyclic amines) is 1. The number of carbonyl (C=O) groups excluding carboxylic acids is 2. The molecule has 0 spiro atoms. The van der Waals surface area contributed by atoms with E-state index in [9.17, 15) is 9.59 Å². The van der Waals surface area contributed by atoms with Crippen LogP contribution >= 0.6 is 11.6 Å². The Hall–Kier alpha value is -1.55. The van der Waals surface area contributed by atoms with Crippen LogP contribution in [0, 0.1) is 12.8 Å². The van der Waals surface area contributed by atoms with Gasteiger partial charge >= 0.3 is 5.97 Å². The normalized spacial score (nSPS) is 17.9. The van der Waals surface area contributed by atoms with Crippen molar-refractivity contribution in [2.24, 2.45) is 5.92 Å². The molecular weight excluding hydrogens is 290 g/mol. The molecule has 1 amide bonds. The SMILES string of the molecule is COC(=O)C1CCN(C(=O)CCc2ccc(C)c(Cl)c2)C1. The number of aryl methyl sites for hydroxylation is 2. The van der Waals surface area contributed by atoms with Gasteiger partial charge in [0.1, 0.15) is 0 Å². The van der Waals surface area contributed by atoms with Gasteiger partial charge in [-0.25, -0.2) is 0 Å². The maximum atomic E-state index is 12.2. The summed E-state index contributed by atoms with van der Waals surface area (Å²) >= 11 is 6.08. The molecule has 5 heteroatoms. The van der Waals surface area contributed by atoms with Crippen LogP contribution in [0.3, 0.4) is 0 Å². The van der Waals surface area contributed by atoms with Crippen molar-refractivity contribution >= 4 is 23.5 Å². The number of rotatable bonds is 4. The number of halogens is 1. The van der Waals surface area contributed by atoms with E-state index in [-0.39, 0.29) is 17.8 Å². The minimum Gasteiger partial charge on any atom is -0.469 e. The summed E-state index contributed by atoms with van der Waals surface area (Å²) in [6.07, 6.45) is 1.79. The first-order valence-electron chi connectivity index (χ1n) is 7.12. The summed E-state index contributed by atoms with van der Waals surface area (Å²) in [4.78, 5) is 25.4. The fourth-order valence-electron chi connectivity index (χ4n) is 2.55. The Bertz CT molecular complexity index is 544.